The molecule has 1 saturated heterocycles. The van der Waals surface area contributed by atoms with Gasteiger partial charge in [0.15, 0.2) is 5.82 Å². The summed E-state index contributed by atoms with van der Waals surface area (Å²) in [6.07, 6.45) is 2.14. The topological polar surface area (TPSA) is 86.8 Å². The Hall–Kier alpha value is -3.33. The average Bonchev–Trinajstić information content (AvgIpc) is 3.49. The molecule has 0 spiro atoms. The van der Waals surface area contributed by atoms with Crippen LogP contribution in [0.25, 0.3) is 21.6 Å². The lowest BCUT2D eigenvalue weighted by atomic mass is 9.96. The number of rotatable bonds is 6. The molecule has 1 amide bonds. The molecule has 5 rings (SSSR count). The average molecular weight is 451 g/mol. The van der Waals surface area contributed by atoms with Crippen LogP contribution in [0.5, 0.6) is 0 Å². The zero-order valence-corrected chi connectivity index (χ0v) is 18.2. The third-order valence-corrected chi connectivity index (χ3v) is 6.66. The van der Waals surface area contributed by atoms with Gasteiger partial charge in [0.2, 0.25) is 5.91 Å². The molecule has 1 aromatic carbocycles. The molecule has 0 bridgehead atoms. The Labute approximate surface area is 188 Å². The number of fused-ring (bicyclic) bond motifs is 1. The summed E-state index contributed by atoms with van der Waals surface area (Å²) >= 11 is 1.65. The molecule has 3 aromatic heterocycles. The second-order valence-corrected chi connectivity index (χ2v) is 8.85. The summed E-state index contributed by atoms with van der Waals surface area (Å²) < 4.78 is 13.3. The number of benzene rings is 1. The smallest absolute Gasteiger partial charge is 0.223 e. The van der Waals surface area contributed by atoms with Crippen molar-refractivity contribution in [3.8, 4) is 10.6 Å². The van der Waals surface area contributed by atoms with Gasteiger partial charge in [0, 0.05) is 32.0 Å². The van der Waals surface area contributed by atoms with Crippen LogP contribution in [0, 0.1) is 11.7 Å². The van der Waals surface area contributed by atoms with Crippen molar-refractivity contribution in [2.45, 2.75) is 19.3 Å². The minimum absolute atomic E-state index is 0.00521. The highest BCUT2D eigenvalue weighted by atomic mass is 32.1. The summed E-state index contributed by atoms with van der Waals surface area (Å²) in [4.78, 5) is 23.4. The molecule has 1 fully saturated rings. The minimum Gasteiger partial charge on any atom is -0.355 e. The van der Waals surface area contributed by atoms with Crippen LogP contribution in [0.3, 0.4) is 0 Å². The maximum absolute atomic E-state index is 13.3. The van der Waals surface area contributed by atoms with E-state index in [-0.39, 0.29) is 17.6 Å². The molecule has 0 unspecified atom stereocenters. The Morgan fingerprint density at radius 2 is 2.06 bits per heavy atom. The van der Waals surface area contributed by atoms with Crippen molar-refractivity contribution in [2.75, 3.05) is 24.5 Å². The van der Waals surface area contributed by atoms with E-state index in [2.05, 4.69) is 30.4 Å². The highest BCUT2D eigenvalue weighted by molar-refractivity contribution is 7.13. The number of piperidine rings is 1. The van der Waals surface area contributed by atoms with E-state index in [1.54, 1.807) is 17.4 Å². The van der Waals surface area contributed by atoms with E-state index >= 15 is 0 Å². The Balaban J connectivity index is 1.09. The summed E-state index contributed by atoms with van der Waals surface area (Å²) in [5.41, 5.74) is 2.28. The van der Waals surface area contributed by atoms with E-state index in [1.807, 2.05) is 29.6 Å². The van der Waals surface area contributed by atoms with Crippen LogP contribution in [0.15, 0.2) is 47.8 Å². The number of halogens is 1. The molecule has 1 aliphatic rings. The molecule has 9 heteroatoms. The first-order valence-corrected chi connectivity index (χ1v) is 11.6. The van der Waals surface area contributed by atoms with Gasteiger partial charge in [-0.15, -0.1) is 21.5 Å². The van der Waals surface area contributed by atoms with E-state index < -0.39 is 0 Å². The zero-order valence-electron chi connectivity index (χ0n) is 17.4. The van der Waals surface area contributed by atoms with Crippen LogP contribution in [0.1, 0.15) is 18.7 Å². The van der Waals surface area contributed by atoms with Gasteiger partial charge >= 0.3 is 0 Å². The third-order valence-electron chi connectivity index (χ3n) is 5.77. The molecule has 0 aliphatic carbocycles. The molecular formula is C23H23FN6OS. The number of nitrogens with zero attached hydrogens (tertiary/aromatic N) is 4. The largest absolute Gasteiger partial charge is 0.355 e. The van der Waals surface area contributed by atoms with Crippen molar-refractivity contribution in [2.24, 2.45) is 5.92 Å². The second kappa shape index (κ2) is 9.04. The van der Waals surface area contributed by atoms with Gasteiger partial charge in [-0.3, -0.25) is 4.79 Å². The molecule has 2 N–H and O–H groups in total. The fourth-order valence-corrected chi connectivity index (χ4v) is 4.71. The molecule has 7 nitrogen and oxygen atoms in total. The Bertz CT molecular complexity index is 1200. The van der Waals surface area contributed by atoms with Gasteiger partial charge in [0.05, 0.1) is 15.9 Å². The minimum atomic E-state index is -0.295. The van der Waals surface area contributed by atoms with Crippen molar-refractivity contribution >= 4 is 34.1 Å². The van der Waals surface area contributed by atoms with Crippen molar-refractivity contribution < 1.29 is 9.18 Å². The van der Waals surface area contributed by atoms with Gasteiger partial charge in [-0.2, -0.15) is 0 Å². The van der Waals surface area contributed by atoms with Gasteiger partial charge in [-0.25, -0.2) is 9.37 Å². The number of hydrogen-bond acceptors (Lipinski definition) is 6. The quantitative estimate of drug-likeness (QED) is 0.467. The van der Waals surface area contributed by atoms with Gasteiger partial charge in [0.1, 0.15) is 17.3 Å². The van der Waals surface area contributed by atoms with E-state index in [0.29, 0.717) is 18.5 Å². The molecule has 1 aliphatic heterocycles. The highest BCUT2D eigenvalue weighted by Crippen LogP contribution is 2.25. The monoisotopic (exact) mass is 450 g/mol. The number of nitrogens with one attached hydrogen (secondary N) is 2. The predicted molar refractivity (Wildman–Crippen MR) is 123 cm³/mol. The summed E-state index contributed by atoms with van der Waals surface area (Å²) in [6, 6.07) is 12.5. The van der Waals surface area contributed by atoms with Gasteiger partial charge in [-0.1, -0.05) is 6.07 Å². The fraction of sp³-hybridized carbons (Fsp3) is 0.304. The number of amides is 1. The first kappa shape index (κ1) is 20.6. The Morgan fingerprint density at radius 3 is 2.81 bits per heavy atom. The second-order valence-electron chi connectivity index (χ2n) is 7.90. The SMILES string of the molecule is O=C(NCCc1nc2ccc(F)cc2[nH]1)C1CCN(c2ccc(-c3cccs3)nn2)CC1. The Kier molecular flexibility index (Phi) is 5.81. The maximum atomic E-state index is 13.3. The highest BCUT2D eigenvalue weighted by Gasteiger charge is 2.25. The number of aromatic nitrogens is 4. The molecular weight excluding hydrogens is 427 g/mol. The number of H-pyrrole nitrogens is 1. The summed E-state index contributed by atoms with van der Waals surface area (Å²) in [5.74, 6) is 1.37. The summed E-state index contributed by atoms with van der Waals surface area (Å²) in [6.45, 7) is 2.05. The van der Waals surface area contributed by atoms with Crippen molar-refractivity contribution in [3.05, 3.63) is 59.5 Å². The van der Waals surface area contributed by atoms with Crippen LogP contribution in [0.2, 0.25) is 0 Å². The number of aromatic amines is 1. The lowest BCUT2D eigenvalue weighted by molar-refractivity contribution is -0.125. The number of hydrogen-bond donors (Lipinski definition) is 2. The molecule has 164 valence electrons. The standard InChI is InChI=1S/C23H23FN6OS/c24-16-3-4-17-19(14-16)27-21(26-17)7-10-25-23(31)15-8-11-30(12-9-15)22-6-5-18(28-29-22)20-2-1-13-32-20/h1-6,13-15H,7-12H2,(H,25,31)(H,26,27). The normalized spacial score (nSPS) is 14.7. The van der Waals surface area contributed by atoms with Crippen LogP contribution >= 0.6 is 11.3 Å². The number of imidazole rings is 1. The maximum Gasteiger partial charge on any atom is 0.223 e. The molecule has 0 atom stereocenters. The van der Waals surface area contributed by atoms with Gasteiger partial charge in [0.25, 0.3) is 0 Å². The summed E-state index contributed by atoms with van der Waals surface area (Å²) in [7, 11) is 0. The van der Waals surface area contributed by atoms with E-state index in [1.165, 1.54) is 12.1 Å². The zero-order chi connectivity index (χ0) is 21.9. The molecule has 32 heavy (non-hydrogen) atoms. The molecule has 0 saturated carbocycles. The van der Waals surface area contributed by atoms with Crippen LogP contribution in [-0.4, -0.2) is 45.7 Å². The van der Waals surface area contributed by atoms with Crippen LogP contribution < -0.4 is 10.2 Å². The lowest BCUT2D eigenvalue weighted by Crippen LogP contribution is -2.41. The Morgan fingerprint density at radius 1 is 1.19 bits per heavy atom. The fourth-order valence-electron chi connectivity index (χ4n) is 4.02. The molecule has 4 heterocycles. The molecule has 0 radical (unpaired) electrons. The predicted octanol–water partition coefficient (Wildman–Crippen LogP) is 3.80. The van der Waals surface area contributed by atoms with Gasteiger partial charge in [-0.05, 0) is 54.6 Å². The van der Waals surface area contributed by atoms with Crippen LogP contribution in [-0.2, 0) is 11.2 Å². The van der Waals surface area contributed by atoms with E-state index in [0.717, 1.165) is 53.7 Å². The van der Waals surface area contributed by atoms with Crippen molar-refractivity contribution in [1.29, 1.82) is 0 Å². The van der Waals surface area contributed by atoms with E-state index in [9.17, 15) is 9.18 Å². The first-order chi connectivity index (χ1) is 15.7. The number of anilines is 1. The number of carbonyl (C=O) groups excluding carboxylic acids is 1. The molecule has 4 aromatic rings. The number of thiophene rings is 1. The summed E-state index contributed by atoms with van der Waals surface area (Å²) in [5, 5.41) is 13.8. The van der Waals surface area contributed by atoms with Crippen LogP contribution in [0.4, 0.5) is 10.2 Å². The van der Waals surface area contributed by atoms with Crippen molar-refractivity contribution in [1.82, 2.24) is 25.5 Å². The number of carbonyl (C=O) groups is 1. The first-order valence-electron chi connectivity index (χ1n) is 10.7. The van der Waals surface area contributed by atoms with Gasteiger partial charge < -0.3 is 15.2 Å². The van der Waals surface area contributed by atoms with Crippen molar-refractivity contribution in [3.63, 3.8) is 0 Å². The van der Waals surface area contributed by atoms with E-state index in [4.69, 9.17) is 0 Å². The third kappa shape index (κ3) is 4.47. The lowest BCUT2D eigenvalue weighted by Gasteiger charge is -2.31.